The zero-order valence-corrected chi connectivity index (χ0v) is 31.2. The number of aromatic amines is 1. The van der Waals surface area contributed by atoms with Crippen LogP contribution in [-0.2, 0) is 46.3 Å². The number of fused-ring (bicyclic) bond motifs is 1. The highest BCUT2D eigenvalue weighted by Crippen LogP contribution is 2.20. The van der Waals surface area contributed by atoms with Gasteiger partial charge < -0.3 is 47.1 Å². The summed E-state index contributed by atoms with van der Waals surface area (Å²) in [6.45, 7) is 8.64. The predicted molar refractivity (Wildman–Crippen MR) is 200 cm³/mol. The summed E-state index contributed by atoms with van der Waals surface area (Å²) in [5, 5.41) is 23.2. The number of rotatable bonds is 19. The summed E-state index contributed by atoms with van der Waals surface area (Å²) in [5.41, 5.74) is 7.00. The van der Waals surface area contributed by atoms with Crippen molar-refractivity contribution in [3.63, 3.8) is 0 Å². The normalized spacial score (nSPS) is 13.5. The van der Waals surface area contributed by atoms with E-state index in [0.717, 1.165) is 10.9 Å². The van der Waals surface area contributed by atoms with Crippen molar-refractivity contribution in [3.05, 3.63) is 71.9 Å². The van der Waals surface area contributed by atoms with Crippen molar-refractivity contribution < 1.29 is 43.4 Å². The van der Waals surface area contributed by atoms with Crippen LogP contribution >= 0.6 is 0 Å². The molecule has 3 aromatic rings. The van der Waals surface area contributed by atoms with E-state index in [2.05, 4.69) is 31.6 Å². The van der Waals surface area contributed by atoms with Gasteiger partial charge in [0.05, 0.1) is 6.42 Å². The van der Waals surface area contributed by atoms with Crippen molar-refractivity contribution in [1.82, 2.24) is 31.6 Å². The lowest BCUT2D eigenvalue weighted by Crippen LogP contribution is -2.59. The Kier molecular flexibility index (Phi) is 15.6. The van der Waals surface area contributed by atoms with E-state index >= 15 is 0 Å². The fraction of sp³-hybridized carbons (Fsp3) is 0.447. The third-order valence-electron chi connectivity index (χ3n) is 8.07. The van der Waals surface area contributed by atoms with E-state index in [9.17, 15) is 38.7 Å². The molecule has 1 aromatic heterocycles. The van der Waals surface area contributed by atoms with E-state index in [0.29, 0.717) is 11.1 Å². The number of ether oxygens (including phenoxy) is 1. The number of carboxylic acids is 1. The molecule has 0 saturated heterocycles. The van der Waals surface area contributed by atoms with Gasteiger partial charge in [-0.05, 0) is 50.3 Å². The lowest BCUT2D eigenvalue weighted by atomic mass is 10.00. The first kappa shape index (κ1) is 42.5. The smallest absolute Gasteiger partial charge is 0.407 e. The lowest BCUT2D eigenvalue weighted by Gasteiger charge is -2.26. The first-order chi connectivity index (χ1) is 25.4. The Balaban J connectivity index is 1.79. The van der Waals surface area contributed by atoms with Crippen molar-refractivity contribution in [1.29, 1.82) is 0 Å². The molecule has 0 aliphatic carbocycles. The lowest BCUT2D eigenvalue weighted by molar-refractivity contribution is -0.141. The Bertz CT molecular complexity index is 1790. The fourth-order valence-corrected chi connectivity index (χ4v) is 5.56. The highest BCUT2D eigenvalue weighted by atomic mass is 16.6. The molecule has 4 atom stereocenters. The van der Waals surface area contributed by atoms with E-state index in [1.807, 2.05) is 24.3 Å². The van der Waals surface area contributed by atoms with Gasteiger partial charge in [-0.1, -0.05) is 62.4 Å². The van der Waals surface area contributed by atoms with E-state index in [1.54, 1.807) is 71.1 Å². The first-order valence-electron chi connectivity index (χ1n) is 17.7. The quantitative estimate of drug-likeness (QED) is 0.0889. The Morgan fingerprint density at radius 2 is 1.37 bits per heavy atom. The zero-order valence-electron chi connectivity index (χ0n) is 31.2. The maximum absolute atomic E-state index is 13.9. The van der Waals surface area contributed by atoms with Gasteiger partial charge in [-0.3, -0.25) is 28.8 Å². The van der Waals surface area contributed by atoms with Crippen LogP contribution in [0.3, 0.4) is 0 Å². The van der Waals surface area contributed by atoms with Crippen LogP contribution in [0, 0.1) is 5.92 Å². The number of primary amides is 1. The molecule has 0 saturated carbocycles. The second kappa shape index (κ2) is 19.8. The number of carbonyl (C=O) groups excluding carboxylic acids is 6. The first-order valence-corrected chi connectivity index (χ1v) is 17.7. The number of H-pyrrole nitrogens is 1. The van der Waals surface area contributed by atoms with Crippen LogP contribution in [0.25, 0.3) is 10.9 Å². The number of amides is 6. The molecular weight excluding hydrogens is 698 g/mol. The van der Waals surface area contributed by atoms with E-state index < -0.39 is 77.8 Å². The molecule has 0 fully saturated rings. The molecule has 54 heavy (non-hydrogen) atoms. The molecule has 0 spiro atoms. The Hall–Kier alpha value is -5.93. The third kappa shape index (κ3) is 14.2. The molecular formula is C38H51N7O9. The van der Waals surface area contributed by atoms with Crippen LogP contribution in [0.1, 0.15) is 65.0 Å². The van der Waals surface area contributed by atoms with Gasteiger partial charge in [0.1, 0.15) is 29.8 Å². The van der Waals surface area contributed by atoms with Crippen LogP contribution < -0.4 is 32.3 Å². The van der Waals surface area contributed by atoms with Gasteiger partial charge in [-0.2, -0.15) is 0 Å². The van der Waals surface area contributed by atoms with Crippen molar-refractivity contribution >= 4 is 52.5 Å². The van der Waals surface area contributed by atoms with Crippen LogP contribution in [0.15, 0.2) is 60.8 Å². The van der Waals surface area contributed by atoms with Gasteiger partial charge in [-0.25, -0.2) is 4.79 Å². The highest BCUT2D eigenvalue weighted by Gasteiger charge is 2.33. The van der Waals surface area contributed by atoms with Crippen LogP contribution in [0.4, 0.5) is 4.79 Å². The fourth-order valence-electron chi connectivity index (χ4n) is 5.56. The number of carbonyl (C=O) groups is 7. The number of hydrogen-bond donors (Lipinski definition) is 8. The summed E-state index contributed by atoms with van der Waals surface area (Å²) in [6, 6.07) is 10.8. The molecule has 0 aliphatic heterocycles. The molecule has 3 rings (SSSR count). The Morgan fingerprint density at radius 3 is 2.00 bits per heavy atom. The Labute approximate surface area is 313 Å². The topological polar surface area (TPSA) is 251 Å². The second-order valence-electron chi connectivity index (χ2n) is 14.4. The van der Waals surface area contributed by atoms with Crippen LogP contribution in [0.2, 0.25) is 0 Å². The summed E-state index contributed by atoms with van der Waals surface area (Å²) in [5.74, 6) is -5.50. The van der Waals surface area contributed by atoms with Crippen molar-refractivity contribution in [3.8, 4) is 0 Å². The summed E-state index contributed by atoms with van der Waals surface area (Å²) in [4.78, 5) is 93.3. The standard InChI is InChI=1S/C38H51N7O9/c1-22(2)17-28(34(50)45-30(20-32(47)48)36(52)43-27(33(39)49)18-23-11-7-6-8-12-23)44-35(51)29(19-24-21-41-26-14-10-9-13-25(24)26)42-31(46)15-16-40-37(53)54-38(3,4)5/h6-14,21-22,27-30,41H,15-20H2,1-5H3,(H2,39,49)(H,40,53)(H,42,46)(H,43,52)(H,44,51)(H,45,50)(H,47,48)/t27?,28-,29+,30+/m0/s1. The summed E-state index contributed by atoms with van der Waals surface area (Å²) >= 11 is 0. The summed E-state index contributed by atoms with van der Waals surface area (Å²) in [6.07, 6.45) is 0.139. The Morgan fingerprint density at radius 1 is 0.778 bits per heavy atom. The monoisotopic (exact) mass is 749 g/mol. The molecule has 0 bridgehead atoms. The second-order valence-corrected chi connectivity index (χ2v) is 14.4. The SMILES string of the molecule is CC(C)C[C@H](NC(=O)[C@@H](Cc1c[nH]c2ccccc12)NC(=O)CCNC(=O)OC(C)(C)C)C(=O)N[C@H](CC(=O)O)C(=O)NC(Cc1ccccc1)C(N)=O. The van der Waals surface area contributed by atoms with Crippen LogP contribution in [0.5, 0.6) is 0 Å². The minimum atomic E-state index is -1.63. The van der Waals surface area contributed by atoms with Crippen LogP contribution in [-0.4, -0.2) is 88.0 Å². The van der Waals surface area contributed by atoms with Gasteiger partial charge in [0, 0.05) is 42.9 Å². The number of aromatic nitrogens is 1. The number of hydrogen-bond acceptors (Lipinski definition) is 8. The molecule has 1 heterocycles. The van der Waals surface area contributed by atoms with Gasteiger partial charge in [-0.15, -0.1) is 0 Å². The minimum absolute atomic E-state index is 0.0249. The van der Waals surface area contributed by atoms with E-state index in [1.165, 1.54) is 0 Å². The molecule has 1 unspecified atom stereocenters. The van der Waals surface area contributed by atoms with Crippen molar-refractivity contribution in [2.45, 2.75) is 96.5 Å². The van der Waals surface area contributed by atoms with E-state index in [4.69, 9.17) is 10.5 Å². The van der Waals surface area contributed by atoms with Gasteiger partial charge in [0.25, 0.3) is 0 Å². The van der Waals surface area contributed by atoms with Gasteiger partial charge in [0.2, 0.25) is 29.5 Å². The van der Waals surface area contributed by atoms with Crippen molar-refractivity contribution in [2.75, 3.05) is 6.54 Å². The van der Waals surface area contributed by atoms with Gasteiger partial charge in [0.15, 0.2) is 0 Å². The number of nitrogens with two attached hydrogens (primary N) is 1. The van der Waals surface area contributed by atoms with E-state index in [-0.39, 0.29) is 38.1 Å². The highest BCUT2D eigenvalue weighted by molar-refractivity contribution is 5.97. The molecule has 0 radical (unpaired) electrons. The third-order valence-corrected chi connectivity index (χ3v) is 8.07. The number of alkyl carbamates (subject to hydrolysis) is 1. The number of aliphatic carboxylic acids is 1. The molecule has 16 heteroatoms. The number of para-hydroxylation sites is 1. The molecule has 292 valence electrons. The number of carboxylic acid groups (broad SMARTS) is 1. The largest absolute Gasteiger partial charge is 0.481 e. The summed E-state index contributed by atoms with van der Waals surface area (Å²) < 4.78 is 5.20. The molecule has 0 aliphatic rings. The molecule has 6 amide bonds. The number of nitrogens with one attached hydrogen (secondary N) is 6. The number of benzene rings is 2. The van der Waals surface area contributed by atoms with Gasteiger partial charge >= 0.3 is 12.1 Å². The maximum Gasteiger partial charge on any atom is 0.407 e. The zero-order chi connectivity index (χ0) is 40.0. The van der Waals surface area contributed by atoms with Crippen molar-refractivity contribution in [2.24, 2.45) is 11.7 Å². The maximum atomic E-state index is 13.9. The minimum Gasteiger partial charge on any atom is -0.481 e. The average Bonchev–Trinajstić information content (AvgIpc) is 3.48. The molecule has 16 nitrogen and oxygen atoms in total. The predicted octanol–water partition coefficient (Wildman–Crippen LogP) is 1.81. The summed E-state index contributed by atoms with van der Waals surface area (Å²) in [7, 11) is 0. The molecule has 2 aromatic carbocycles. The molecule has 9 N–H and O–H groups in total. The average molecular weight is 750 g/mol.